The van der Waals surface area contributed by atoms with Crippen molar-refractivity contribution in [1.82, 2.24) is 4.90 Å². The van der Waals surface area contributed by atoms with Gasteiger partial charge in [-0.05, 0) is 12.0 Å². The number of morpholine rings is 1. The molecule has 0 saturated carbocycles. The Kier molecular flexibility index (Phi) is 4.93. The molecule has 0 aliphatic carbocycles. The third-order valence-electron chi connectivity index (χ3n) is 3.64. The number of carbonyl (C=O) groups excluding carboxylic acids is 1. The molecule has 4 heteroatoms. The fraction of sp³-hybridized carbons (Fsp3) is 0.533. The van der Waals surface area contributed by atoms with Gasteiger partial charge in [-0.2, -0.15) is 0 Å². The highest BCUT2D eigenvalue weighted by atomic mass is 16.5. The number of nitrogens with zero attached hydrogens (tertiary/aromatic N) is 1. The van der Waals surface area contributed by atoms with E-state index in [0.717, 1.165) is 12.0 Å². The summed E-state index contributed by atoms with van der Waals surface area (Å²) in [6, 6.07) is 9.75. The summed E-state index contributed by atoms with van der Waals surface area (Å²) in [7, 11) is 0. The van der Waals surface area contributed by atoms with Crippen LogP contribution in [0, 0.1) is 0 Å². The van der Waals surface area contributed by atoms with Crippen molar-refractivity contribution < 1.29 is 9.53 Å². The SMILES string of the molecule is CC[C@@H]1COCCN1C(=O)C[C@@H](N)c1ccccc1. The predicted octanol–water partition coefficient (Wildman–Crippen LogP) is 1.71. The average molecular weight is 262 g/mol. The Bertz CT molecular complexity index is 408. The minimum Gasteiger partial charge on any atom is -0.377 e. The Balaban J connectivity index is 1.96. The van der Waals surface area contributed by atoms with Gasteiger partial charge in [0.25, 0.3) is 0 Å². The maximum Gasteiger partial charge on any atom is 0.224 e. The van der Waals surface area contributed by atoms with Crippen molar-refractivity contribution in [3.05, 3.63) is 35.9 Å². The van der Waals surface area contributed by atoms with Crippen molar-refractivity contribution in [3.63, 3.8) is 0 Å². The van der Waals surface area contributed by atoms with Gasteiger partial charge < -0.3 is 15.4 Å². The minimum absolute atomic E-state index is 0.131. The summed E-state index contributed by atoms with van der Waals surface area (Å²) >= 11 is 0. The summed E-state index contributed by atoms with van der Waals surface area (Å²) in [5.74, 6) is 0.131. The molecule has 4 nitrogen and oxygen atoms in total. The summed E-state index contributed by atoms with van der Waals surface area (Å²) in [5.41, 5.74) is 7.12. The Morgan fingerprint density at radius 3 is 2.89 bits per heavy atom. The first kappa shape index (κ1) is 14.0. The van der Waals surface area contributed by atoms with E-state index in [4.69, 9.17) is 10.5 Å². The normalized spacial score (nSPS) is 21.2. The molecule has 19 heavy (non-hydrogen) atoms. The van der Waals surface area contributed by atoms with E-state index in [9.17, 15) is 4.79 Å². The summed E-state index contributed by atoms with van der Waals surface area (Å²) in [6.07, 6.45) is 1.28. The number of amides is 1. The third kappa shape index (κ3) is 3.55. The standard InChI is InChI=1S/C15H22N2O2/c1-2-13-11-19-9-8-17(13)15(18)10-14(16)12-6-4-3-5-7-12/h3-7,13-14H,2,8-11,16H2,1H3/t13-,14-/m1/s1. The van der Waals surface area contributed by atoms with Gasteiger partial charge in [0.1, 0.15) is 0 Å². The van der Waals surface area contributed by atoms with Crippen LogP contribution in [0.25, 0.3) is 0 Å². The molecular weight excluding hydrogens is 240 g/mol. The molecule has 2 atom stereocenters. The molecule has 0 spiro atoms. The summed E-state index contributed by atoms with van der Waals surface area (Å²) in [5, 5.41) is 0. The zero-order valence-electron chi connectivity index (χ0n) is 11.4. The van der Waals surface area contributed by atoms with E-state index in [-0.39, 0.29) is 18.0 Å². The van der Waals surface area contributed by atoms with Crippen molar-refractivity contribution in [2.45, 2.75) is 31.8 Å². The number of hydrogen-bond donors (Lipinski definition) is 1. The van der Waals surface area contributed by atoms with Crippen molar-refractivity contribution in [1.29, 1.82) is 0 Å². The molecular formula is C15H22N2O2. The lowest BCUT2D eigenvalue weighted by atomic mass is 10.0. The Morgan fingerprint density at radius 2 is 2.21 bits per heavy atom. The Labute approximate surface area is 114 Å². The average Bonchev–Trinajstić information content (AvgIpc) is 2.48. The van der Waals surface area contributed by atoms with Crippen LogP contribution in [0.2, 0.25) is 0 Å². The number of benzene rings is 1. The molecule has 1 saturated heterocycles. The maximum atomic E-state index is 12.3. The molecule has 1 aromatic rings. The molecule has 1 amide bonds. The minimum atomic E-state index is -0.228. The molecule has 1 heterocycles. The van der Waals surface area contributed by atoms with Gasteiger partial charge in [0.2, 0.25) is 5.91 Å². The van der Waals surface area contributed by atoms with E-state index in [0.29, 0.717) is 26.2 Å². The van der Waals surface area contributed by atoms with Crippen LogP contribution < -0.4 is 5.73 Å². The molecule has 104 valence electrons. The van der Waals surface area contributed by atoms with Gasteiger partial charge in [0, 0.05) is 19.0 Å². The molecule has 1 aliphatic heterocycles. The zero-order valence-corrected chi connectivity index (χ0v) is 11.4. The lowest BCUT2D eigenvalue weighted by molar-refractivity contribution is -0.140. The van der Waals surface area contributed by atoms with Crippen LogP contribution in [0.3, 0.4) is 0 Å². The molecule has 0 aromatic heterocycles. The van der Waals surface area contributed by atoms with Crippen molar-refractivity contribution in [2.24, 2.45) is 5.73 Å². The van der Waals surface area contributed by atoms with Crippen LogP contribution in [-0.2, 0) is 9.53 Å². The topological polar surface area (TPSA) is 55.6 Å². The molecule has 2 rings (SSSR count). The first-order valence-electron chi connectivity index (χ1n) is 6.90. The van der Waals surface area contributed by atoms with E-state index < -0.39 is 0 Å². The van der Waals surface area contributed by atoms with Gasteiger partial charge in [-0.15, -0.1) is 0 Å². The Hall–Kier alpha value is -1.39. The van der Waals surface area contributed by atoms with Crippen molar-refractivity contribution >= 4 is 5.91 Å². The van der Waals surface area contributed by atoms with Crippen LogP contribution in [0.15, 0.2) is 30.3 Å². The number of rotatable bonds is 4. The van der Waals surface area contributed by atoms with Crippen molar-refractivity contribution in [3.8, 4) is 0 Å². The predicted molar refractivity (Wildman–Crippen MR) is 74.6 cm³/mol. The van der Waals surface area contributed by atoms with Crippen LogP contribution in [0.5, 0.6) is 0 Å². The fourth-order valence-electron chi connectivity index (χ4n) is 2.44. The summed E-state index contributed by atoms with van der Waals surface area (Å²) in [4.78, 5) is 14.3. The molecule has 0 radical (unpaired) electrons. The van der Waals surface area contributed by atoms with Gasteiger partial charge in [0.15, 0.2) is 0 Å². The monoisotopic (exact) mass is 262 g/mol. The highest BCUT2D eigenvalue weighted by Crippen LogP contribution is 2.18. The van der Waals surface area contributed by atoms with E-state index in [1.165, 1.54) is 0 Å². The van der Waals surface area contributed by atoms with Crippen LogP contribution >= 0.6 is 0 Å². The lowest BCUT2D eigenvalue weighted by Crippen LogP contribution is -2.48. The number of ether oxygens (including phenoxy) is 1. The quantitative estimate of drug-likeness (QED) is 0.898. The first-order chi connectivity index (χ1) is 9.22. The number of carbonyl (C=O) groups is 1. The van der Waals surface area contributed by atoms with Crippen molar-refractivity contribution in [2.75, 3.05) is 19.8 Å². The first-order valence-corrected chi connectivity index (χ1v) is 6.90. The molecule has 0 unspecified atom stereocenters. The maximum absolute atomic E-state index is 12.3. The molecule has 1 fully saturated rings. The fourth-order valence-corrected chi connectivity index (χ4v) is 2.44. The van der Waals surface area contributed by atoms with Gasteiger partial charge in [0.05, 0.1) is 19.3 Å². The molecule has 2 N–H and O–H groups in total. The molecule has 1 aromatic carbocycles. The molecule has 1 aliphatic rings. The van der Waals surface area contributed by atoms with Crippen LogP contribution in [0.4, 0.5) is 0 Å². The van der Waals surface area contributed by atoms with Gasteiger partial charge in [-0.3, -0.25) is 4.79 Å². The van der Waals surface area contributed by atoms with E-state index >= 15 is 0 Å². The summed E-state index contributed by atoms with van der Waals surface area (Å²) in [6.45, 7) is 4.03. The Morgan fingerprint density at radius 1 is 1.47 bits per heavy atom. The van der Waals surface area contributed by atoms with Crippen LogP contribution in [-0.4, -0.2) is 36.6 Å². The lowest BCUT2D eigenvalue weighted by Gasteiger charge is -2.35. The van der Waals surface area contributed by atoms with E-state index in [1.807, 2.05) is 35.2 Å². The van der Waals surface area contributed by atoms with E-state index in [1.54, 1.807) is 0 Å². The second-order valence-electron chi connectivity index (χ2n) is 4.95. The van der Waals surface area contributed by atoms with Crippen LogP contribution in [0.1, 0.15) is 31.4 Å². The number of hydrogen-bond acceptors (Lipinski definition) is 3. The summed E-state index contributed by atoms with van der Waals surface area (Å²) < 4.78 is 5.42. The number of nitrogens with two attached hydrogens (primary N) is 1. The largest absolute Gasteiger partial charge is 0.377 e. The van der Waals surface area contributed by atoms with Gasteiger partial charge >= 0.3 is 0 Å². The second kappa shape index (κ2) is 6.68. The highest BCUT2D eigenvalue weighted by molar-refractivity contribution is 5.77. The smallest absolute Gasteiger partial charge is 0.224 e. The zero-order chi connectivity index (χ0) is 13.7. The third-order valence-corrected chi connectivity index (χ3v) is 3.64. The highest BCUT2D eigenvalue weighted by Gasteiger charge is 2.26. The van der Waals surface area contributed by atoms with Gasteiger partial charge in [-0.1, -0.05) is 37.3 Å². The molecule has 0 bridgehead atoms. The second-order valence-corrected chi connectivity index (χ2v) is 4.95. The van der Waals surface area contributed by atoms with E-state index in [2.05, 4.69) is 6.92 Å². The van der Waals surface area contributed by atoms with Gasteiger partial charge in [-0.25, -0.2) is 0 Å².